The van der Waals surface area contributed by atoms with E-state index in [-0.39, 0.29) is 22.8 Å². The van der Waals surface area contributed by atoms with Crippen LogP contribution in [0.3, 0.4) is 0 Å². The molecule has 0 fully saturated rings. The monoisotopic (exact) mass is 403 g/mol. The molecular formula is C19H16F3N5O2. The molecule has 0 spiro atoms. The predicted octanol–water partition coefficient (Wildman–Crippen LogP) is 3.17. The van der Waals surface area contributed by atoms with Crippen molar-refractivity contribution in [3.63, 3.8) is 0 Å². The van der Waals surface area contributed by atoms with Crippen LogP contribution in [0, 0.1) is 0 Å². The van der Waals surface area contributed by atoms with Crippen molar-refractivity contribution in [1.82, 2.24) is 20.1 Å². The second-order valence-corrected chi connectivity index (χ2v) is 6.13. The number of carbonyl (C=O) groups is 2. The third-order valence-corrected chi connectivity index (χ3v) is 4.00. The summed E-state index contributed by atoms with van der Waals surface area (Å²) in [7, 11) is 0. The Labute approximate surface area is 163 Å². The summed E-state index contributed by atoms with van der Waals surface area (Å²) in [5.74, 6) is -0.770. The lowest BCUT2D eigenvalue weighted by atomic mass is 10.1. The SMILES string of the molecule is CC(=O)NCc1ccc(C(=O)Nc2cc(C(F)(F)F)ccc2-n2cncn2)cc1. The lowest BCUT2D eigenvalue weighted by Crippen LogP contribution is -2.19. The highest BCUT2D eigenvalue weighted by Gasteiger charge is 2.31. The molecule has 150 valence electrons. The summed E-state index contributed by atoms with van der Waals surface area (Å²) in [4.78, 5) is 27.3. The molecule has 7 nitrogen and oxygen atoms in total. The summed E-state index contributed by atoms with van der Waals surface area (Å²) in [6.07, 6.45) is -2.02. The molecule has 0 aliphatic rings. The molecule has 3 rings (SSSR count). The maximum Gasteiger partial charge on any atom is 0.416 e. The van der Waals surface area contributed by atoms with E-state index in [0.717, 1.165) is 17.7 Å². The highest BCUT2D eigenvalue weighted by Crippen LogP contribution is 2.33. The Morgan fingerprint density at radius 1 is 1.10 bits per heavy atom. The van der Waals surface area contributed by atoms with Gasteiger partial charge in [-0.15, -0.1) is 0 Å². The minimum Gasteiger partial charge on any atom is -0.352 e. The van der Waals surface area contributed by atoms with Crippen molar-refractivity contribution in [1.29, 1.82) is 0 Å². The standard InChI is InChI=1S/C19H16F3N5O2/c1-12(28)24-9-13-2-4-14(5-3-13)18(29)26-16-8-15(19(20,21)22)6-7-17(16)27-11-23-10-25-27/h2-8,10-11H,9H2,1H3,(H,24,28)(H,26,29). The van der Waals surface area contributed by atoms with E-state index < -0.39 is 17.6 Å². The number of halogens is 3. The third kappa shape index (κ3) is 4.98. The van der Waals surface area contributed by atoms with Crippen LogP contribution in [-0.2, 0) is 17.5 Å². The van der Waals surface area contributed by atoms with Gasteiger partial charge in [-0.2, -0.15) is 18.3 Å². The van der Waals surface area contributed by atoms with Gasteiger partial charge in [-0.05, 0) is 35.9 Å². The average molecular weight is 403 g/mol. The fourth-order valence-electron chi connectivity index (χ4n) is 2.54. The highest BCUT2D eigenvalue weighted by atomic mass is 19.4. The maximum absolute atomic E-state index is 13.1. The van der Waals surface area contributed by atoms with E-state index in [1.807, 2.05) is 0 Å². The molecular weight excluding hydrogens is 387 g/mol. The number of carbonyl (C=O) groups excluding carboxylic acids is 2. The first-order chi connectivity index (χ1) is 13.7. The van der Waals surface area contributed by atoms with Gasteiger partial charge in [0.15, 0.2) is 0 Å². The summed E-state index contributed by atoms with van der Waals surface area (Å²) in [6.45, 7) is 1.70. The van der Waals surface area contributed by atoms with Crippen LogP contribution in [0.1, 0.15) is 28.4 Å². The van der Waals surface area contributed by atoms with Crippen molar-refractivity contribution in [2.24, 2.45) is 0 Å². The quantitative estimate of drug-likeness (QED) is 0.685. The van der Waals surface area contributed by atoms with Crippen molar-refractivity contribution in [2.75, 3.05) is 5.32 Å². The molecule has 0 saturated carbocycles. The van der Waals surface area contributed by atoms with E-state index >= 15 is 0 Å². The zero-order chi connectivity index (χ0) is 21.0. The van der Waals surface area contributed by atoms with Crippen LogP contribution in [0.5, 0.6) is 0 Å². The normalized spacial score (nSPS) is 11.2. The topological polar surface area (TPSA) is 88.9 Å². The number of anilines is 1. The molecule has 29 heavy (non-hydrogen) atoms. The molecule has 1 aromatic heterocycles. The molecule has 0 aliphatic heterocycles. The minimum absolute atomic E-state index is 0.0577. The molecule has 0 atom stereocenters. The fraction of sp³-hybridized carbons (Fsp3) is 0.158. The van der Waals surface area contributed by atoms with E-state index in [0.29, 0.717) is 6.54 Å². The van der Waals surface area contributed by atoms with Gasteiger partial charge < -0.3 is 10.6 Å². The number of nitrogens with one attached hydrogen (secondary N) is 2. The third-order valence-electron chi connectivity index (χ3n) is 4.00. The van der Waals surface area contributed by atoms with Crippen LogP contribution in [0.15, 0.2) is 55.1 Å². The van der Waals surface area contributed by atoms with E-state index in [4.69, 9.17) is 0 Å². The fourth-order valence-corrected chi connectivity index (χ4v) is 2.54. The molecule has 0 bridgehead atoms. The van der Waals surface area contributed by atoms with Crippen LogP contribution in [0.4, 0.5) is 18.9 Å². The van der Waals surface area contributed by atoms with Gasteiger partial charge in [0.2, 0.25) is 5.91 Å². The second-order valence-electron chi connectivity index (χ2n) is 6.13. The molecule has 0 radical (unpaired) electrons. The Hall–Kier alpha value is -3.69. The summed E-state index contributed by atoms with van der Waals surface area (Å²) in [5, 5.41) is 9.04. The van der Waals surface area contributed by atoms with E-state index in [2.05, 4.69) is 20.7 Å². The molecule has 10 heteroatoms. The van der Waals surface area contributed by atoms with Crippen LogP contribution in [0.25, 0.3) is 5.69 Å². The van der Waals surface area contributed by atoms with Gasteiger partial charge >= 0.3 is 6.18 Å². The van der Waals surface area contributed by atoms with Crippen molar-refractivity contribution < 1.29 is 22.8 Å². The van der Waals surface area contributed by atoms with Gasteiger partial charge in [0, 0.05) is 19.0 Å². The Morgan fingerprint density at radius 3 is 2.41 bits per heavy atom. The van der Waals surface area contributed by atoms with Gasteiger partial charge in [0.25, 0.3) is 5.91 Å². The predicted molar refractivity (Wildman–Crippen MR) is 98.3 cm³/mol. The number of amides is 2. The molecule has 0 saturated heterocycles. The van der Waals surface area contributed by atoms with Crippen LogP contribution >= 0.6 is 0 Å². The largest absolute Gasteiger partial charge is 0.416 e. The summed E-state index contributed by atoms with van der Waals surface area (Å²) in [6, 6.07) is 9.31. The van der Waals surface area contributed by atoms with Gasteiger partial charge in [0.05, 0.1) is 16.9 Å². The van der Waals surface area contributed by atoms with Crippen LogP contribution in [-0.4, -0.2) is 26.6 Å². The van der Waals surface area contributed by atoms with Crippen LogP contribution in [0.2, 0.25) is 0 Å². The van der Waals surface area contributed by atoms with Gasteiger partial charge in [-0.25, -0.2) is 9.67 Å². The van der Waals surface area contributed by atoms with Crippen LogP contribution < -0.4 is 10.6 Å². The van der Waals surface area contributed by atoms with Gasteiger partial charge in [0.1, 0.15) is 12.7 Å². The first-order valence-electron chi connectivity index (χ1n) is 8.45. The number of rotatable bonds is 5. The minimum atomic E-state index is -4.56. The molecule has 0 aliphatic carbocycles. The van der Waals surface area contributed by atoms with E-state index in [1.54, 1.807) is 12.1 Å². The Morgan fingerprint density at radius 2 is 1.83 bits per heavy atom. The lowest BCUT2D eigenvalue weighted by Gasteiger charge is -2.14. The van der Waals surface area contributed by atoms with Crippen molar-refractivity contribution in [3.8, 4) is 5.69 Å². The average Bonchev–Trinajstić information content (AvgIpc) is 3.20. The highest BCUT2D eigenvalue weighted by molar-refractivity contribution is 6.05. The second kappa shape index (κ2) is 8.13. The number of hydrogen-bond donors (Lipinski definition) is 2. The Kier molecular flexibility index (Phi) is 5.62. The zero-order valence-corrected chi connectivity index (χ0v) is 15.2. The maximum atomic E-state index is 13.1. The zero-order valence-electron chi connectivity index (χ0n) is 15.2. The molecule has 1 heterocycles. The van der Waals surface area contributed by atoms with Gasteiger partial charge in [-0.3, -0.25) is 9.59 Å². The molecule has 2 N–H and O–H groups in total. The van der Waals surface area contributed by atoms with Crippen molar-refractivity contribution in [3.05, 3.63) is 71.8 Å². The first-order valence-corrected chi connectivity index (χ1v) is 8.45. The van der Waals surface area contributed by atoms with Crippen molar-refractivity contribution in [2.45, 2.75) is 19.6 Å². The number of aromatic nitrogens is 3. The molecule has 2 aromatic carbocycles. The summed E-state index contributed by atoms with van der Waals surface area (Å²) < 4.78 is 40.6. The number of hydrogen-bond acceptors (Lipinski definition) is 4. The lowest BCUT2D eigenvalue weighted by molar-refractivity contribution is -0.137. The number of nitrogens with zero attached hydrogens (tertiary/aromatic N) is 3. The Bertz CT molecular complexity index is 1020. The van der Waals surface area contributed by atoms with E-state index in [9.17, 15) is 22.8 Å². The number of benzene rings is 2. The van der Waals surface area contributed by atoms with Gasteiger partial charge in [-0.1, -0.05) is 12.1 Å². The molecule has 3 aromatic rings. The smallest absolute Gasteiger partial charge is 0.352 e. The van der Waals surface area contributed by atoms with E-state index in [1.165, 1.54) is 42.5 Å². The summed E-state index contributed by atoms with van der Waals surface area (Å²) >= 11 is 0. The van der Waals surface area contributed by atoms with Crippen molar-refractivity contribution >= 4 is 17.5 Å². The molecule has 2 amide bonds. The summed E-state index contributed by atoms with van der Waals surface area (Å²) in [5.41, 5.74) is 0.309. The Balaban J connectivity index is 1.86. The molecule has 0 unspecified atom stereocenters. The first kappa shape index (κ1) is 20.1. The number of alkyl halides is 3.